The van der Waals surface area contributed by atoms with Crippen LogP contribution >= 0.6 is 0 Å². The van der Waals surface area contributed by atoms with E-state index in [9.17, 15) is 4.79 Å². The molecule has 1 rings (SSSR count). The molecule has 0 amide bonds. The van der Waals surface area contributed by atoms with Crippen molar-refractivity contribution in [2.45, 2.75) is 40.0 Å². The summed E-state index contributed by atoms with van der Waals surface area (Å²) in [6.45, 7) is 6.31. The molecule has 0 N–H and O–H groups in total. The zero-order chi connectivity index (χ0) is 12.7. The summed E-state index contributed by atoms with van der Waals surface area (Å²) in [7, 11) is 0. The van der Waals surface area contributed by atoms with Crippen molar-refractivity contribution in [1.82, 2.24) is 0 Å². The summed E-state index contributed by atoms with van der Waals surface area (Å²) < 4.78 is 4.81. The van der Waals surface area contributed by atoms with Gasteiger partial charge in [-0.1, -0.05) is 23.3 Å². The van der Waals surface area contributed by atoms with Crippen molar-refractivity contribution >= 4 is 0 Å². The first-order valence-corrected chi connectivity index (χ1v) is 5.95. The van der Waals surface area contributed by atoms with Crippen LogP contribution in [0.5, 0.6) is 0 Å². The van der Waals surface area contributed by atoms with Crippen molar-refractivity contribution in [3.8, 4) is 0 Å². The van der Waals surface area contributed by atoms with Gasteiger partial charge in [-0.05, 0) is 52.2 Å². The Hall–Kier alpha value is -1.57. The highest BCUT2D eigenvalue weighted by Crippen LogP contribution is 2.08. The van der Waals surface area contributed by atoms with Gasteiger partial charge in [-0.25, -0.2) is 4.79 Å². The largest absolute Gasteiger partial charge is 0.431 e. The van der Waals surface area contributed by atoms with Gasteiger partial charge in [0.2, 0.25) is 0 Å². The lowest BCUT2D eigenvalue weighted by molar-refractivity contribution is 0.503. The molecule has 0 radical (unpaired) electrons. The zero-order valence-electron chi connectivity index (χ0n) is 10.8. The van der Waals surface area contributed by atoms with Crippen LogP contribution in [0.2, 0.25) is 0 Å². The Kier molecular flexibility index (Phi) is 5.47. The molecule has 0 atom stereocenters. The summed E-state index contributed by atoms with van der Waals surface area (Å²) in [5.74, 6) is 0. The van der Waals surface area contributed by atoms with Crippen molar-refractivity contribution in [3.05, 3.63) is 57.7 Å². The van der Waals surface area contributed by atoms with E-state index in [1.165, 1.54) is 17.4 Å². The van der Waals surface area contributed by atoms with E-state index in [4.69, 9.17) is 4.42 Å². The van der Waals surface area contributed by atoms with E-state index in [0.29, 0.717) is 12.0 Å². The van der Waals surface area contributed by atoms with Gasteiger partial charge in [-0.2, -0.15) is 0 Å². The molecule has 0 saturated carbocycles. The average molecular weight is 232 g/mol. The Morgan fingerprint density at radius 2 is 2.06 bits per heavy atom. The van der Waals surface area contributed by atoms with E-state index in [-0.39, 0.29) is 5.63 Å². The van der Waals surface area contributed by atoms with Gasteiger partial charge in [-0.15, -0.1) is 0 Å². The van der Waals surface area contributed by atoms with Crippen LogP contribution in [0, 0.1) is 0 Å². The third-order valence-electron chi connectivity index (χ3n) is 2.57. The smallest absolute Gasteiger partial charge is 0.339 e. The third kappa shape index (κ3) is 5.34. The highest BCUT2D eigenvalue weighted by atomic mass is 16.4. The molecule has 17 heavy (non-hydrogen) atoms. The molecule has 1 heterocycles. The van der Waals surface area contributed by atoms with Crippen LogP contribution in [0.25, 0.3) is 0 Å². The SMILES string of the molecule is CC(C)=CCCC(C)=CCc1cccoc1=O. The first-order valence-electron chi connectivity index (χ1n) is 5.95. The Morgan fingerprint density at radius 3 is 2.71 bits per heavy atom. The molecular formula is C15H20O2. The van der Waals surface area contributed by atoms with E-state index in [1.807, 2.05) is 6.07 Å². The standard InChI is InChI=1S/C15H20O2/c1-12(2)6-4-7-13(3)9-10-14-8-5-11-17-15(14)16/h5-6,8-9,11H,4,7,10H2,1-3H3. The predicted octanol–water partition coefficient (Wildman–Crippen LogP) is 3.88. The first-order chi connectivity index (χ1) is 8.09. The van der Waals surface area contributed by atoms with E-state index >= 15 is 0 Å². The van der Waals surface area contributed by atoms with Crippen LogP contribution in [0.1, 0.15) is 39.2 Å². The Balaban J connectivity index is 2.51. The van der Waals surface area contributed by atoms with Gasteiger partial charge in [0, 0.05) is 5.56 Å². The maximum absolute atomic E-state index is 11.3. The molecule has 2 heteroatoms. The molecule has 0 unspecified atom stereocenters. The van der Waals surface area contributed by atoms with Gasteiger partial charge in [0.15, 0.2) is 0 Å². The lowest BCUT2D eigenvalue weighted by atomic mass is 10.1. The topological polar surface area (TPSA) is 30.2 Å². The van der Waals surface area contributed by atoms with Crippen LogP contribution in [0.15, 0.2) is 50.9 Å². The van der Waals surface area contributed by atoms with Gasteiger partial charge < -0.3 is 4.42 Å². The molecule has 0 spiro atoms. The van der Waals surface area contributed by atoms with E-state index < -0.39 is 0 Å². The molecular weight excluding hydrogens is 212 g/mol. The Labute approximate surface area is 103 Å². The minimum atomic E-state index is -0.235. The molecule has 0 fully saturated rings. The summed E-state index contributed by atoms with van der Waals surface area (Å²) in [6, 6.07) is 3.56. The maximum atomic E-state index is 11.3. The fourth-order valence-electron chi connectivity index (χ4n) is 1.53. The van der Waals surface area contributed by atoms with Crippen molar-refractivity contribution in [1.29, 1.82) is 0 Å². The lowest BCUT2D eigenvalue weighted by Crippen LogP contribution is -2.04. The summed E-state index contributed by atoms with van der Waals surface area (Å²) in [5.41, 5.74) is 3.14. The number of hydrogen-bond acceptors (Lipinski definition) is 2. The summed E-state index contributed by atoms with van der Waals surface area (Å²) in [5, 5.41) is 0. The van der Waals surface area contributed by atoms with E-state index in [2.05, 4.69) is 32.9 Å². The highest BCUT2D eigenvalue weighted by molar-refractivity contribution is 5.14. The maximum Gasteiger partial charge on any atom is 0.339 e. The second-order valence-corrected chi connectivity index (χ2v) is 4.50. The number of allylic oxidation sites excluding steroid dienone is 4. The van der Waals surface area contributed by atoms with Crippen LogP contribution in [-0.2, 0) is 6.42 Å². The molecule has 1 aromatic rings. The Morgan fingerprint density at radius 1 is 1.29 bits per heavy atom. The zero-order valence-corrected chi connectivity index (χ0v) is 10.8. The minimum Gasteiger partial charge on any atom is -0.431 e. The molecule has 0 bridgehead atoms. The van der Waals surface area contributed by atoms with E-state index in [0.717, 1.165) is 12.8 Å². The molecule has 0 aliphatic heterocycles. The van der Waals surface area contributed by atoms with Crippen LogP contribution < -0.4 is 5.63 Å². The first kappa shape index (κ1) is 13.5. The normalized spacial score (nSPS) is 11.4. The Bertz CT molecular complexity index is 460. The van der Waals surface area contributed by atoms with Crippen molar-refractivity contribution < 1.29 is 4.42 Å². The van der Waals surface area contributed by atoms with Gasteiger partial charge in [0.25, 0.3) is 0 Å². The molecule has 0 saturated heterocycles. The van der Waals surface area contributed by atoms with Crippen molar-refractivity contribution in [3.63, 3.8) is 0 Å². The van der Waals surface area contributed by atoms with Gasteiger partial charge in [0.05, 0.1) is 6.26 Å². The molecule has 1 aromatic heterocycles. The molecule has 92 valence electrons. The van der Waals surface area contributed by atoms with Crippen LogP contribution in [-0.4, -0.2) is 0 Å². The summed E-state index contributed by atoms with van der Waals surface area (Å²) in [6.07, 6.45) is 8.51. The van der Waals surface area contributed by atoms with Crippen molar-refractivity contribution in [2.75, 3.05) is 0 Å². The predicted molar refractivity (Wildman–Crippen MR) is 71.1 cm³/mol. The van der Waals surface area contributed by atoms with Gasteiger partial charge >= 0.3 is 5.63 Å². The second-order valence-electron chi connectivity index (χ2n) is 4.50. The van der Waals surface area contributed by atoms with Crippen LogP contribution in [0.4, 0.5) is 0 Å². The summed E-state index contributed by atoms with van der Waals surface area (Å²) >= 11 is 0. The minimum absolute atomic E-state index is 0.235. The number of rotatable bonds is 5. The quantitative estimate of drug-likeness (QED) is 0.721. The molecule has 0 aliphatic carbocycles. The van der Waals surface area contributed by atoms with Crippen molar-refractivity contribution in [2.24, 2.45) is 0 Å². The van der Waals surface area contributed by atoms with Crippen LogP contribution in [0.3, 0.4) is 0 Å². The third-order valence-corrected chi connectivity index (χ3v) is 2.57. The van der Waals surface area contributed by atoms with Gasteiger partial charge in [0.1, 0.15) is 0 Å². The van der Waals surface area contributed by atoms with Gasteiger partial charge in [-0.3, -0.25) is 0 Å². The molecule has 0 aromatic carbocycles. The monoisotopic (exact) mass is 232 g/mol. The number of hydrogen-bond donors (Lipinski definition) is 0. The average Bonchev–Trinajstić information content (AvgIpc) is 2.27. The fourth-order valence-corrected chi connectivity index (χ4v) is 1.53. The lowest BCUT2D eigenvalue weighted by Gasteiger charge is -1.99. The van der Waals surface area contributed by atoms with E-state index in [1.54, 1.807) is 6.07 Å². The summed E-state index contributed by atoms with van der Waals surface area (Å²) in [4.78, 5) is 11.3. The molecule has 0 aliphatic rings. The molecule has 2 nitrogen and oxygen atoms in total. The second kappa shape index (κ2) is 6.89. The highest BCUT2D eigenvalue weighted by Gasteiger charge is 1.97. The fraction of sp³-hybridized carbons (Fsp3) is 0.400.